The van der Waals surface area contributed by atoms with Crippen molar-refractivity contribution in [2.45, 2.75) is 6.92 Å². The number of aryl methyl sites for hydroxylation is 1. The third kappa shape index (κ3) is 7.93. The number of para-hydroxylation sites is 1. The van der Waals surface area contributed by atoms with Crippen LogP contribution in [0.25, 0.3) is 0 Å². The molecule has 0 spiro atoms. The van der Waals surface area contributed by atoms with Gasteiger partial charge in [-0.05, 0) is 55.0 Å². The molecule has 0 aromatic heterocycles. The predicted octanol–water partition coefficient (Wildman–Crippen LogP) is 3.74. The third-order valence-corrected chi connectivity index (χ3v) is 7.01. The van der Waals surface area contributed by atoms with E-state index in [1.54, 1.807) is 18.2 Å². The molecule has 0 bridgehead atoms. The lowest BCUT2D eigenvalue weighted by Crippen LogP contribution is -2.42. The Hall–Kier alpha value is -4.73. The van der Waals surface area contributed by atoms with E-state index in [9.17, 15) is 14.4 Å². The average Bonchev–Trinajstić information content (AvgIpc) is 3.02. The van der Waals surface area contributed by atoms with E-state index < -0.39 is 5.97 Å². The molecule has 0 aliphatic carbocycles. The van der Waals surface area contributed by atoms with E-state index in [1.807, 2.05) is 65.3 Å². The van der Waals surface area contributed by atoms with E-state index in [0.717, 1.165) is 23.2 Å². The second kappa shape index (κ2) is 14.8. The van der Waals surface area contributed by atoms with Crippen LogP contribution in [0, 0.1) is 6.92 Å². The molecule has 0 fully saturated rings. The molecule has 4 rings (SSSR count). The van der Waals surface area contributed by atoms with E-state index in [0.29, 0.717) is 48.9 Å². The van der Waals surface area contributed by atoms with Crippen LogP contribution >= 0.6 is 0 Å². The standard InChI is InChI=1S/C32H37N3O7/c1-24-9-11-27-29(19-24)41-17-18-42-30-20-25(23-36)10-12-28(30)35(22-32(38)40-3)16-14-33(26-7-5-4-6-8-26)13-15-34(27)21-31(37)39-2/h4-12,19-20,23H,13-18,21-22H2,1-3H3. The van der Waals surface area contributed by atoms with Crippen molar-refractivity contribution in [3.63, 3.8) is 0 Å². The SMILES string of the molecule is COC(=O)CN1CCN(c2ccccc2)CCN(CC(=O)OC)c2ccc(C=O)cc2OCCOc2cc(C)ccc21. The van der Waals surface area contributed by atoms with Gasteiger partial charge in [0.25, 0.3) is 0 Å². The number of carbonyl (C=O) groups excluding carboxylic acids is 3. The number of fused-ring (bicyclic) bond motifs is 2. The maximum atomic E-state index is 12.5. The lowest BCUT2D eigenvalue weighted by atomic mass is 10.1. The van der Waals surface area contributed by atoms with Gasteiger partial charge in [-0.1, -0.05) is 24.3 Å². The first-order valence-electron chi connectivity index (χ1n) is 13.8. The summed E-state index contributed by atoms with van der Waals surface area (Å²) in [4.78, 5) is 42.6. The number of anilines is 3. The first-order chi connectivity index (χ1) is 20.4. The van der Waals surface area contributed by atoms with Crippen LogP contribution in [0.15, 0.2) is 66.7 Å². The van der Waals surface area contributed by atoms with Crippen LogP contribution in [0.3, 0.4) is 0 Å². The zero-order valence-electron chi connectivity index (χ0n) is 24.3. The van der Waals surface area contributed by atoms with Crippen molar-refractivity contribution in [2.24, 2.45) is 0 Å². The molecule has 0 N–H and O–H groups in total. The van der Waals surface area contributed by atoms with E-state index in [4.69, 9.17) is 18.9 Å². The molecule has 3 aromatic carbocycles. The van der Waals surface area contributed by atoms with E-state index in [-0.39, 0.29) is 32.3 Å². The monoisotopic (exact) mass is 575 g/mol. The number of ether oxygens (including phenoxy) is 4. The van der Waals surface area contributed by atoms with Crippen molar-refractivity contribution >= 4 is 35.3 Å². The highest BCUT2D eigenvalue weighted by molar-refractivity contribution is 5.81. The van der Waals surface area contributed by atoms with Crippen LogP contribution in [-0.4, -0.2) is 84.9 Å². The lowest BCUT2D eigenvalue weighted by molar-refractivity contribution is -0.139. The average molecular weight is 576 g/mol. The minimum Gasteiger partial charge on any atom is -0.488 e. The number of esters is 2. The Morgan fingerprint density at radius 3 is 1.86 bits per heavy atom. The summed E-state index contributed by atoms with van der Waals surface area (Å²) in [6.07, 6.45) is 0.756. The van der Waals surface area contributed by atoms with Crippen LogP contribution in [-0.2, 0) is 19.1 Å². The van der Waals surface area contributed by atoms with Crippen molar-refractivity contribution in [3.8, 4) is 11.5 Å². The van der Waals surface area contributed by atoms with Crippen LogP contribution in [0.5, 0.6) is 11.5 Å². The van der Waals surface area contributed by atoms with E-state index in [1.165, 1.54) is 14.2 Å². The van der Waals surface area contributed by atoms with Crippen LogP contribution in [0.2, 0.25) is 0 Å². The molecule has 0 saturated heterocycles. The Morgan fingerprint density at radius 1 is 0.762 bits per heavy atom. The highest BCUT2D eigenvalue weighted by Gasteiger charge is 2.22. The fourth-order valence-electron chi connectivity index (χ4n) is 4.78. The molecule has 1 aliphatic rings. The Morgan fingerprint density at radius 2 is 1.31 bits per heavy atom. The summed E-state index contributed by atoms with van der Waals surface area (Å²) < 4.78 is 22.3. The quantitative estimate of drug-likeness (QED) is 0.319. The fourth-order valence-corrected chi connectivity index (χ4v) is 4.78. The number of carbonyl (C=O) groups is 3. The zero-order chi connectivity index (χ0) is 29.9. The summed E-state index contributed by atoms with van der Waals surface area (Å²) in [7, 11) is 2.73. The molecule has 10 nitrogen and oxygen atoms in total. The second-order valence-electron chi connectivity index (χ2n) is 9.83. The molecule has 0 unspecified atom stereocenters. The van der Waals surface area contributed by atoms with Gasteiger partial charge in [-0.25, -0.2) is 0 Å². The molecule has 0 atom stereocenters. The summed E-state index contributed by atoms with van der Waals surface area (Å²) in [6.45, 7) is 4.45. The molecule has 3 aromatic rings. The summed E-state index contributed by atoms with van der Waals surface area (Å²) in [5.41, 5.74) is 3.89. The number of aldehydes is 1. The zero-order valence-corrected chi connectivity index (χ0v) is 24.3. The van der Waals surface area contributed by atoms with Gasteiger partial charge in [0.1, 0.15) is 44.1 Å². The van der Waals surface area contributed by atoms with Crippen LogP contribution in [0.4, 0.5) is 17.1 Å². The molecule has 0 radical (unpaired) electrons. The molecule has 10 heteroatoms. The molecular formula is C32H37N3O7. The van der Waals surface area contributed by atoms with Gasteiger partial charge in [0, 0.05) is 37.4 Å². The Bertz CT molecular complexity index is 1370. The van der Waals surface area contributed by atoms with Crippen molar-refractivity contribution in [1.82, 2.24) is 0 Å². The molecular weight excluding hydrogens is 538 g/mol. The maximum absolute atomic E-state index is 12.5. The van der Waals surface area contributed by atoms with Crippen molar-refractivity contribution in [1.29, 1.82) is 0 Å². The van der Waals surface area contributed by atoms with Gasteiger partial charge in [0.15, 0.2) is 0 Å². The topological polar surface area (TPSA) is 97.9 Å². The molecule has 1 heterocycles. The first-order valence-corrected chi connectivity index (χ1v) is 13.8. The van der Waals surface area contributed by atoms with Crippen LogP contribution in [0.1, 0.15) is 15.9 Å². The minimum absolute atomic E-state index is 0.00832. The van der Waals surface area contributed by atoms with E-state index >= 15 is 0 Å². The van der Waals surface area contributed by atoms with Gasteiger partial charge in [0.05, 0.1) is 25.6 Å². The molecule has 0 saturated carbocycles. The lowest BCUT2D eigenvalue weighted by Gasteiger charge is -2.33. The maximum Gasteiger partial charge on any atom is 0.325 e. The molecule has 222 valence electrons. The summed E-state index contributed by atoms with van der Waals surface area (Å²) in [5.74, 6) is 0.325. The number of methoxy groups -OCH3 is 2. The van der Waals surface area contributed by atoms with Gasteiger partial charge < -0.3 is 33.6 Å². The Kier molecular flexibility index (Phi) is 10.6. The number of hydrogen-bond donors (Lipinski definition) is 0. The first kappa shape index (κ1) is 30.2. The number of nitrogens with zero attached hydrogens (tertiary/aromatic N) is 3. The van der Waals surface area contributed by atoms with Gasteiger partial charge >= 0.3 is 11.9 Å². The van der Waals surface area contributed by atoms with E-state index in [2.05, 4.69) is 4.90 Å². The van der Waals surface area contributed by atoms with Gasteiger partial charge in [-0.15, -0.1) is 0 Å². The molecule has 1 aliphatic heterocycles. The second-order valence-corrected chi connectivity index (χ2v) is 9.83. The normalized spacial score (nSPS) is 14.2. The van der Waals surface area contributed by atoms with Crippen LogP contribution < -0.4 is 24.2 Å². The van der Waals surface area contributed by atoms with Gasteiger partial charge in [-0.3, -0.25) is 14.4 Å². The highest BCUT2D eigenvalue weighted by atomic mass is 16.5. The number of hydrogen-bond acceptors (Lipinski definition) is 10. The Labute approximate surface area is 246 Å². The highest BCUT2D eigenvalue weighted by Crippen LogP contribution is 2.32. The number of rotatable bonds is 6. The van der Waals surface area contributed by atoms with Gasteiger partial charge in [-0.2, -0.15) is 0 Å². The minimum atomic E-state index is -0.400. The molecule has 0 amide bonds. The van der Waals surface area contributed by atoms with Gasteiger partial charge in [0.2, 0.25) is 0 Å². The fraction of sp³-hybridized carbons (Fsp3) is 0.344. The summed E-state index contributed by atoms with van der Waals surface area (Å²) >= 11 is 0. The van der Waals surface area contributed by atoms with Crippen molar-refractivity contribution < 1.29 is 33.3 Å². The summed E-state index contributed by atoms with van der Waals surface area (Å²) in [6, 6.07) is 21.0. The smallest absolute Gasteiger partial charge is 0.325 e. The number of benzene rings is 3. The van der Waals surface area contributed by atoms with Crippen molar-refractivity contribution in [3.05, 3.63) is 77.9 Å². The van der Waals surface area contributed by atoms with Crippen molar-refractivity contribution in [2.75, 3.05) is 81.4 Å². The third-order valence-electron chi connectivity index (χ3n) is 7.01. The predicted molar refractivity (Wildman–Crippen MR) is 161 cm³/mol. The summed E-state index contributed by atoms with van der Waals surface area (Å²) in [5, 5.41) is 0. The Balaban J connectivity index is 1.76. The molecule has 42 heavy (non-hydrogen) atoms. The largest absolute Gasteiger partial charge is 0.488 e.